The molecule has 2 nitrogen and oxygen atoms in total. The number of hydrogen-bond donors (Lipinski definition) is 1. The number of anilines is 1. The summed E-state index contributed by atoms with van der Waals surface area (Å²) in [7, 11) is 0. The standard InChI is InChI=1S/C12H17FN2/c1-2-10-9-14-7-8-15(10)12-6-4-3-5-11(12)13/h3-6,10,14H,2,7-9H2,1H3. The van der Waals surface area contributed by atoms with Crippen molar-refractivity contribution in [1.29, 1.82) is 0 Å². The molecule has 15 heavy (non-hydrogen) atoms. The highest BCUT2D eigenvalue weighted by molar-refractivity contribution is 5.49. The topological polar surface area (TPSA) is 15.3 Å². The summed E-state index contributed by atoms with van der Waals surface area (Å²) >= 11 is 0. The van der Waals surface area contributed by atoms with Crippen LogP contribution in [0.5, 0.6) is 0 Å². The number of para-hydroxylation sites is 1. The highest BCUT2D eigenvalue weighted by Gasteiger charge is 2.22. The normalized spacial score (nSPS) is 21.7. The Balaban J connectivity index is 2.24. The van der Waals surface area contributed by atoms with Crippen LogP contribution >= 0.6 is 0 Å². The van der Waals surface area contributed by atoms with Crippen LogP contribution in [0, 0.1) is 5.82 Å². The molecule has 1 saturated heterocycles. The Morgan fingerprint density at radius 3 is 3.00 bits per heavy atom. The molecule has 1 aromatic rings. The zero-order valence-corrected chi connectivity index (χ0v) is 9.04. The largest absolute Gasteiger partial charge is 0.364 e. The summed E-state index contributed by atoms with van der Waals surface area (Å²) in [6.07, 6.45) is 1.04. The average Bonchev–Trinajstić information content (AvgIpc) is 2.30. The van der Waals surface area contributed by atoms with Crippen molar-refractivity contribution in [3.63, 3.8) is 0 Å². The van der Waals surface area contributed by atoms with Gasteiger partial charge in [-0.1, -0.05) is 19.1 Å². The van der Waals surface area contributed by atoms with Crippen molar-refractivity contribution in [3.8, 4) is 0 Å². The van der Waals surface area contributed by atoms with Gasteiger partial charge in [-0.3, -0.25) is 0 Å². The Labute approximate surface area is 90.1 Å². The van der Waals surface area contributed by atoms with Gasteiger partial charge in [-0.25, -0.2) is 4.39 Å². The van der Waals surface area contributed by atoms with E-state index in [-0.39, 0.29) is 5.82 Å². The van der Waals surface area contributed by atoms with Gasteiger partial charge in [0.2, 0.25) is 0 Å². The predicted molar refractivity (Wildman–Crippen MR) is 60.7 cm³/mol. The zero-order chi connectivity index (χ0) is 10.7. The van der Waals surface area contributed by atoms with Gasteiger partial charge in [0.15, 0.2) is 0 Å². The van der Waals surface area contributed by atoms with Gasteiger partial charge >= 0.3 is 0 Å². The summed E-state index contributed by atoms with van der Waals surface area (Å²) in [6, 6.07) is 7.44. The minimum absolute atomic E-state index is 0.113. The molecule has 0 aliphatic carbocycles. The Hall–Kier alpha value is -1.09. The Morgan fingerprint density at radius 2 is 2.27 bits per heavy atom. The minimum atomic E-state index is -0.113. The van der Waals surface area contributed by atoms with Gasteiger partial charge in [0, 0.05) is 25.7 Å². The van der Waals surface area contributed by atoms with Crippen molar-refractivity contribution in [2.45, 2.75) is 19.4 Å². The van der Waals surface area contributed by atoms with E-state index in [4.69, 9.17) is 0 Å². The van der Waals surface area contributed by atoms with Crippen molar-refractivity contribution in [2.24, 2.45) is 0 Å². The molecule has 1 unspecified atom stereocenters. The lowest BCUT2D eigenvalue weighted by molar-refractivity contribution is 0.459. The smallest absolute Gasteiger partial charge is 0.146 e. The molecule has 0 radical (unpaired) electrons. The van der Waals surface area contributed by atoms with Crippen molar-refractivity contribution < 1.29 is 4.39 Å². The van der Waals surface area contributed by atoms with Crippen LogP contribution < -0.4 is 10.2 Å². The second-order valence-corrected chi connectivity index (χ2v) is 3.91. The van der Waals surface area contributed by atoms with Crippen LogP contribution in [0.15, 0.2) is 24.3 Å². The molecular formula is C12H17FN2. The summed E-state index contributed by atoms with van der Waals surface area (Å²) in [6.45, 7) is 4.92. The van der Waals surface area contributed by atoms with Crippen LogP contribution in [0.1, 0.15) is 13.3 Å². The maximum absolute atomic E-state index is 13.6. The molecule has 1 aliphatic rings. The van der Waals surface area contributed by atoms with E-state index < -0.39 is 0 Å². The highest BCUT2D eigenvalue weighted by atomic mass is 19.1. The molecule has 2 rings (SSSR count). The maximum atomic E-state index is 13.6. The number of benzene rings is 1. The summed E-state index contributed by atoms with van der Waals surface area (Å²) in [5.74, 6) is -0.113. The molecule has 0 amide bonds. The SMILES string of the molecule is CCC1CNCCN1c1ccccc1F. The van der Waals surface area contributed by atoms with Crippen LogP contribution in [0.3, 0.4) is 0 Å². The van der Waals surface area contributed by atoms with Gasteiger partial charge in [0.05, 0.1) is 5.69 Å². The molecule has 1 fully saturated rings. The Morgan fingerprint density at radius 1 is 1.47 bits per heavy atom. The first-order valence-electron chi connectivity index (χ1n) is 5.55. The number of nitrogens with zero attached hydrogens (tertiary/aromatic N) is 1. The van der Waals surface area contributed by atoms with Crippen molar-refractivity contribution in [3.05, 3.63) is 30.1 Å². The van der Waals surface area contributed by atoms with Crippen molar-refractivity contribution >= 4 is 5.69 Å². The average molecular weight is 208 g/mol. The van der Waals surface area contributed by atoms with E-state index in [0.717, 1.165) is 31.7 Å². The summed E-state index contributed by atoms with van der Waals surface area (Å²) in [4.78, 5) is 2.17. The summed E-state index contributed by atoms with van der Waals surface area (Å²) < 4.78 is 13.6. The fraction of sp³-hybridized carbons (Fsp3) is 0.500. The lowest BCUT2D eigenvalue weighted by atomic mass is 10.1. The number of hydrogen-bond acceptors (Lipinski definition) is 2. The molecule has 0 saturated carbocycles. The first-order valence-corrected chi connectivity index (χ1v) is 5.55. The fourth-order valence-electron chi connectivity index (χ4n) is 2.13. The molecule has 0 bridgehead atoms. The molecule has 1 N–H and O–H groups in total. The third kappa shape index (κ3) is 2.12. The van der Waals surface area contributed by atoms with Gasteiger partial charge in [-0.05, 0) is 18.6 Å². The summed E-state index contributed by atoms with van der Waals surface area (Å²) in [5, 5.41) is 3.34. The van der Waals surface area contributed by atoms with Crippen molar-refractivity contribution in [1.82, 2.24) is 5.32 Å². The third-order valence-electron chi connectivity index (χ3n) is 2.98. The van der Waals surface area contributed by atoms with Crippen LogP contribution in [-0.4, -0.2) is 25.7 Å². The molecule has 1 atom stereocenters. The van der Waals surface area contributed by atoms with Crippen LogP contribution in [0.4, 0.5) is 10.1 Å². The van der Waals surface area contributed by atoms with Crippen LogP contribution in [-0.2, 0) is 0 Å². The molecule has 1 aromatic carbocycles. The molecule has 3 heteroatoms. The van der Waals surface area contributed by atoms with Gasteiger partial charge in [-0.15, -0.1) is 0 Å². The molecule has 1 aliphatic heterocycles. The fourth-order valence-corrected chi connectivity index (χ4v) is 2.13. The van der Waals surface area contributed by atoms with Crippen LogP contribution in [0.25, 0.3) is 0 Å². The Kier molecular flexibility index (Phi) is 3.21. The van der Waals surface area contributed by atoms with Gasteiger partial charge < -0.3 is 10.2 Å². The van der Waals surface area contributed by atoms with Crippen LogP contribution in [0.2, 0.25) is 0 Å². The van der Waals surface area contributed by atoms with E-state index >= 15 is 0 Å². The van der Waals surface area contributed by atoms with E-state index in [9.17, 15) is 4.39 Å². The van der Waals surface area contributed by atoms with Gasteiger partial charge in [0.25, 0.3) is 0 Å². The minimum Gasteiger partial charge on any atom is -0.364 e. The lowest BCUT2D eigenvalue weighted by Gasteiger charge is -2.37. The highest BCUT2D eigenvalue weighted by Crippen LogP contribution is 2.22. The molecule has 0 spiro atoms. The summed E-state index contributed by atoms with van der Waals surface area (Å²) in [5.41, 5.74) is 0.742. The van der Waals surface area contributed by atoms with Gasteiger partial charge in [0.1, 0.15) is 5.82 Å². The molecular weight excluding hydrogens is 191 g/mol. The quantitative estimate of drug-likeness (QED) is 0.800. The van der Waals surface area contributed by atoms with Crippen molar-refractivity contribution in [2.75, 3.05) is 24.5 Å². The predicted octanol–water partition coefficient (Wildman–Crippen LogP) is 2.01. The van der Waals surface area contributed by atoms with E-state index in [1.54, 1.807) is 6.07 Å². The first-order chi connectivity index (χ1) is 7.33. The number of halogens is 1. The number of rotatable bonds is 2. The zero-order valence-electron chi connectivity index (χ0n) is 9.04. The Bertz CT molecular complexity index is 327. The second kappa shape index (κ2) is 4.62. The van der Waals surface area contributed by atoms with Gasteiger partial charge in [-0.2, -0.15) is 0 Å². The number of piperazine rings is 1. The molecule has 1 heterocycles. The first kappa shape index (κ1) is 10.4. The van der Waals surface area contributed by atoms with E-state index in [1.165, 1.54) is 6.07 Å². The van der Waals surface area contributed by atoms with E-state index in [1.807, 2.05) is 12.1 Å². The molecule has 82 valence electrons. The monoisotopic (exact) mass is 208 g/mol. The second-order valence-electron chi connectivity index (χ2n) is 3.91. The van der Waals surface area contributed by atoms with E-state index in [0.29, 0.717) is 6.04 Å². The number of nitrogens with one attached hydrogen (secondary N) is 1. The molecule has 0 aromatic heterocycles. The third-order valence-corrected chi connectivity index (χ3v) is 2.98. The lowest BCUT2D eigenvalue weighted by Crippen LogP contribution is -2.51. The van der Waals surface area contributed by atoms with E-state index in [2.05, 4.69) is 17.1 Å². The maximum Gasteiger partial charge on any atom is 0.146 e.